The molecule has 0 amide bonds. The number of rotatable bonds is 7. The van der Waals surface area contributed by atoms with Crippen LogP contribution in [0.5, 0.6) is 0 Å². The number of hydrogen-bond donors (Lipinski definition) is 0. The first-order valence-electron chi connectivity index (χ1n) is 9.66. The first-order chi connectivity index (χ1) is 13.5. The molecule has 2 aromatic rings. The van der Waals surface area contributed by atoms with E-state index in [2.05, 4.69) is 4.90 Å². The van der Waals surface area contributed by atoms with Gasteiger partial charge >= 0.3 is 5.97 Å². The van der Waals surface area contributed by atoms with Crippen LogP contribution in [0.3, 0.4) is 0 Å². The SMILES string of the molecule is COC(=O)C1(Cc2ccc(Cl)cc2)CCCN(CCC(=O)c2ccccc2)C1. The largest absolute Gasteiger partial charge is 0.469 e. The number of methoxy groups -OCH3 is 1. The van der Waals surface area contributed by atoms with E-state index in [0.29, 0.717) is 31.0 Å². The summed E-state index contributed by atoms with van der Waals surface area (Å²) in [4.78, 5) is 27.4. The number of piperidine rings is 1. The lowest BCUT2D eigenvalue weighted by Crippen LogP contribution is -2.50. The summed E-state index contributed by atoms with van der Waals surface area (Å²) in [6.07, 6.45) is 2.75. The zero-order chi connectivity index (χ0) is 20.0. The van der Waals surface area contributed by atoms with E-state index in [9.17, 15) is 9.59 Å². The van der Waals surface area contributed by atoms with Gasteiger partial charge in [0, 0.05) is 30.1 Å². The molecular formula is C23H26ClNO3. The summed E-state index contributed by atoms with van der Waals surface area (Å²) in [6, 6.07) is 17.0. The number of ketones is 1. The molecule has 0 bridgehead atoms. The third kappa shape index (κ3) is 5.00. The van der Waals surface area contributed by atoms with Gasteiger partial charge in [-0.3, -0.25) is 9.59 Å². The van der Waals surface area contributed by atoms with Crippen molar-refractivity contribution in [2.45, 2.75) is 25.7 Å². The van der Waals surface area contributed by atoms with Gasteiger partial charge in [0.2, 0.25) is 0 Å². The molecule has 1 aliphatic rings. The third-order valence-corrected chi connectivity index (χ3v) is 5.73. The number of carbonyl (C=O) groups is 2. The Morgan fingerprint density at radius 2 is 1.82 bits per heavy atom. The van der Waals surface area contributed by atoms with Crippen LogP contribution in [0.25, 0.3) is 0 Å². The van der Waals surface area contributed by atoms with Crippen LogP contribution >= 0.6 is 11.6 Å². The minimum absolute atomic E-state index is 0.132. The molecule has 5 heteroatoms. The number of halogens is 1. The van der Waals surface area contributed by atoms with Crippen molar-refractivity contribution in [3.05, 3.63) is 70.7 Å². The van der Waals surface area contributed by atoms with Crippen molar-refractivity contribution in [2.75, 3.05) is 26.7 Å². The predicted octanol–water partition coefficient (Wildman–Crippen LogP) is 4.41. The van der Waals surface area contributed by atoms with E-state index in [1.165, 1.54) is 7.11 Å². The molecule has 3 rings (SSSR count). The zero-order valence-corrected chi connectivity index (χ0v) is 17.0. The van der Waals surface area contributed by atoms with Crippen LogP contribution in [0.1, 0.15) is 35.2 Å². The lowest BCUT2D eigenvalue weighted by Gasteiger charge is -2.41. The predicted molar refractivity (Wildman–Crippen MR) is 111 cm³/mol. The topological polar surface area (TPSA) is 46.6 Å². The van der Waals surface area contributed by atoms with Crippen LogP contribution in [0.2, 0.25) is 5.02 Å². The Bertz CT molecular complexity index is 806. The second kappa shape index (κ2) is 9.35. The molecule has 28 heavy (non-hydrogen) atoms. The second-order valence-electron chi connectivity index (χ2n) is 7.49. The second-order valence-corrected chi connectivity index (χ2v) is 7.93. The maximum Gasteiger partial charge on any atom is 0.313 e. The van der Waals surface area contributed by atoms with Gasteiger partial charge in [-0.1, -0.05) is 54.1 Å². The van der Waals surface area contributed by atoms with E-state index in [-0.39, 0.29) is 11.8 Å². The molecule has 1 atom stereocenters. The molecular weight excluding hydrogens is 374 g/mol. The Morgan fingerprint density at radius 1 is 1.11 bits per heavy atom. The minimum Gasteiger partial charge on any atom is -0.469 e. The number of likely N-dealkylation sites (tertiary alicyclic amines) is 1. The molecule has 4 nitrogen and oxygen atoms in total. The monoisotopic (exact) mass is 399 g/mol. The quantitative estimate of drug-likeness (QED) is 0.511. The number of ether oxygens (including phenoxy) is 1. The van der Waals surface area contributed by atoms with Crippen molar-refractivity contribution < 1.29 is 14.3 Å². The molecule has 0 radical (unpaired) electrons. The number of nitrogens with zero attached hydrogens (tertiary/aromatic N) is 1. The number of hydrogen-bond acceptors (Lipinski definition) is 4. The van der Waals surface area contributed by atoms with Crippen LogP contribution in [0, 0.1) is 5.41 Å². The molecule has 0 aliphatic carbocycles. The highest BCUT2D eigenvalue weighted by atomic mass is 35.5. The van der Waals surface area contributed by atoms with Crippen LogP contribution in [-0.4, -0.2) is 43.4 Å². The molecule has 0 saturated carbocycles. The van der Waals surface area contributed by atoms with Gasteiger partial charge in [-0.2, -0.15) is 0 Å². The summed E-state index contributed by atoms with van der Waals surface area (Å²) >= 11 is 5.99. The molecule has 0 spiro atoms. The van der Waals surface area contributed by atoms with Gasteiger partial charge in [-0.15, -0.1) is 0 Å². The van der Waals surface area contributed by atoms with E-state index in [0.717, 1.165) is 30.5 Å². The summed E-state index contributed by atoms with van der Waals surface area (Å²) in [5, 5.41) is 0.681. The standard InChI is InChI=1S/C23H26ClNO3/c1-28-22(27)23(16-18-8-10-20(24)11-9-18)13-5-14-25(17-23)15-12-21(26)19-6-3-2-4-7-19/h2-4,6-11H,5,12-17H2,1H3. The lowest BCUT2D eigenvalue weighted by molar-refractivity contribution is -0.156. The van der Waals surface area contributed by atoms with Gasteiger partial charge in [-0.05, 0) is 43.5 Å². The summed E-state index contributed by atoms with van der Waals surface area (Å²) in [6.45, 7) is 2.14. The maximum atomic E-state index is 12.7. The molecule has 148 valence electrons. The molecule has 1 heterocycles. The van der Waals surface area contributed by atoms with Crippen molar-refractivity contribution in [3.63, 3.8) is 0 Å². The normalized spacial score (nSPS) is 19.9. The van der Waals surface area contributed by atoms with Crippen molar-refractivity contribution in [1.29, 1.82) is 0 Å². The van der Waals surface area contributed by atoms with Crippen molar-refractivity contribution in [1.82, 2.24) is 4.90 Å². The molecule has 1 unspecified atom stereocenters. The molecule has 1 aliphatic heterocycles. The fourth-order valence-corrected chi connectivity index (χ4v) is 4.16. The van der Waals surface area contributed by atoms with Crippen LogP contribution in [-0.2, 0) is 16.0 Å². The Hall–Kier alpha value is -2.17. The Balaban J connectivity index is 1.68. The average Bonchev–Trinajstić information content (AvgIpc) is 2.74. The molecule has 0 N–H and O–H groups in total. The summed E-state index contributed by atoms with van der Waals surface area (Å²) in [5.74, 6) is -0.0471. The van der Waals surface area contributed by atoms with Gasteiger partial charge in [0.15, 0.2) is 5.78 Å². The van der Waals surface area contributed by atoms with Crippen molar-refractivity contribution in [3.8, 4) is 0 Å². The fourth-order valence-electron chi connectivity index (χ4n) is 4.04. The van der Waals surface area contributed by atoms with Gasteiger partial charge in [0.05, 0.1) is 12.5 Å². The molecule has 0 aromatic heterocycles. The Labute approximate surface area is 171 Å². The minimum atomic E-state index is -0.587. The van der Waals surface area contributed by atoms with Gasteiger partial charge in [0.1, 0.15) is 0 Å². The highest BCUT2D eigenvalue weighted by Crippen LogP contribution is 2.35. The first-order valence-corrected chi connectivity index (χ1v) is 10.0. The summed E-state index contributed by atoms with van der Waals surface area (Å²) in [7, 11) is 1.45. The average molecular weight is 400 g/mol. The van der Waals surface area contributed by atoms with E-state index in [1.807, 2.05) is 54.6 Å². The summed E-state index contributed by atoms with van der Waals surface area (Å²) in [5.41, 5.74) is 1.22. The first kappa shape index (κ1) is 20.6. The van der Waals surface area contributed by atoms with E-state index in [4.69, 9.17) is 16.3 Å². The van der Waals surface area contributed by atoms with Crippen LogP contribution in [0.15, 0.2) is 54.6 Å². The zero-order valence-electron chi connectivity index (χ0n) is 16.2. The molecule has 2 aromatic carbocycles. The number of Topliss-reactive ketones (excluding diaryl/α,β-unsaturated/α-hetero) is 1. The smallest absolute Gasteiger partial charge is 0.313 e. The van der Waals surface area contributed by atoms with E-state index in [1.54, 1.807) is 0 Å². The van der Waals surface area contributed by atoms with E-state index < -0.39 is 5.41 Å². The van der Waals surface area contributed by atoms with Gasteiger partial charge < -0.3 is 9.64 Å². The Morgan fingerprint density at radius 3 is 2.50 bits per heavy atom. The maximum absolute atomic E-state index is 12.7. The summed E-state index contributed by atoms with van der Waals surface area (Å²) < 4.78 is 5.17. The van der Waals surface area contributed by atoms with Crippen molar-refractivity contribution in [2.24, 2.45) is 5.41 Å². The number of benzene rings is 2. The highest BCUT2D eigenvalue weighted by molar-refractivity contribution is 6.30. The molecule has 1 fully saturated rings. The van der Waals surface area contributed by atoms with Gasteiger partial charge in [-0.25, -0.2) is 0 Å². The number of carbonyl (C=O) groups excluding carboxylic acids is 2. The van der Waals surface area contributed by atoms with Crippen LogP contribution < -0.4 is 0 Å². The van der Waals surface area contributed by atoms with Gasteiger partial charge in [0.25, 0.3) is 0 Å². The van der Waals surface area contributed by atoms with E-state index >= 15 is 0 Å². The third-order valence-electron chi connectivity index (χ3n) is 5.48. The van der Waals surface area contributed by atoms with Crippen LogP contribution in [0.4, 0.5) is 0 Å². The lowest BCUT2D eigenvalue weighted by atomic mass is 9.75. The Kier molecular flexibility index (Phi) is 6.87. The highest BCUT2D eigenvalue weighted by Gasteiger charge is 2.43. The fraction of sp³-hybridized carbons (Fsp3) is 0.391. The number of esters is 1. The molecule has 1 saturated heterocycles. The van der Waals surface area contributed by atoms with Crippen molar-refractivity contribution >= 4 is 23.4 Å².